The minimum absolute atomic E-state index is 0. The van der Waals surface area contributed by atoms with Gasteiger partial charge in [-0.05, 0) is 48.4 Å². The third kappa shape index (κ3) is 2.42. The van der Waals surface area contributed by atoms with Crippen LogP contribution in [-0.2, 0) is 13.0 Å². The third-order valence-corrected chi connectivity index (χ3v) is 3.97. The van der Waals surface area contributed by atoms with Crippen LogP contribution >= 0.6 is 12.4 Å². The van der Waals surface area contributed by atoms with Crippen molar-refractivity contribution in [1.82, 2.24) is 20.3 Å². The number of halogens is 1. The molecule has 6 heteroatoms. The predicted molar refractivity (Wildman–Crippen MR) is 88.1 cm³/mol. The molecule has 0 amide bonds. The number of rotatable bonds is 2. The minimum Gasteiger partial charge on any atom is -0.497 e. The number of hydrogen-bond donors (Lipinski definition) is 1. The second kappa shape index (κ2) is 5.94. The average molecular weight is 317 g/mol. The summed E-state index contributed by atoms with van der Waals surface area (Å²) in [6.45, 7) is 1.97. The number of nitrogens with zero attached hydrogens (tertiary/aromatic N) is 3. The molecule has 2 aromatic carbocycles. The summed E-state index contributed by atoms with van der Waals surface area (Å²) >= 11 is 0. The van der Waals surface area contributed by atoms with Gasteiger partial charge >= 0.3 is 0 Å². The Morgan fingerprint density at radius 3 is 2.91 bits per heavy atom. The summed E-state index contributed by atoms with van der Waals surface area (Å²) in [6, 6.07) is 12.3. The standard InChI is InChI=1S/C16H16N4O.ClH/c1-21-14-4-5-16-15(9-14)18-19-20(16)13-3-2-11-6-7-17-10-12(11)8-13;/h2-5,8-9,17H,6-7,10H2,1H3;1H. The maximum Gasteiger partial charge on any atom is 0.121 e. The SMILES string of the molecule is COc1ccc2c(c1)nnn2-c1ccc2c(c1)CNCC2.Cl. The highest BCUT2D eigenvalue weighted by Crippen LogP contribution is 2.23. The molecule has 22 heavy (non-hydrogen) atoms. The molecule has 0 fully saturated rings. The Morgan fingerprint density at radius 1 is 1.14 bits per heavy atom. The fourth-order valence-electron chi connectivity index (χ4n) is 2.82. The zero-order valence-electron chi connectivity index (χ0n) is 12.2. The van der Waals surface area contributed by atoms with Crippen molar-refractivity contribution in [1.29, 1.82) is 0 Å². The lowest BCUT2D eigenvalue weighted by Gasteiger charge is -2.17. The number of methoxy groups -OCH3 is 1. The lowest BCUT2D eigenvalue weighted by Crippen LogP contribution is -2.23. The number of benzene rings is 2. The average Bonchev–Trinajstić information content (AvgIpc) is 2.97. The van der Waals surface area contributed by atoms with Gasteiger partial charge in [-0.3, -0.25) is 0 Å². The van der Waals surface area contributed by atoms with Gasteiger partial charge in [0.25, 0.3) is 0 Å². The van der Waals surface area contributed by atoms with Crippen molar-refractivity contribution in [3.05, 3.63) is 47.5 Å². The summed E-state index contributed by atoms with van der Waals surface area (Å²) in [5, 5.41) is 11.9. The van der Waals surface area contributed by atoms with E-state index in [1.807, 2.05) is 22.9 Å². The molecule has 0 unspecified atom stereocenters. The molecule has 5 nitrogen and oxygen atoms in total. The molecule has 1 aliphatic rings. The van der Waals surface area contributed by atoms with Crippen LogP contribution in [0.25, 0.3) is 16.7 Å². The topological polar surface area (TPSA) is 52.0 Å². The fourth-order valence-corrected chi connectivity index (χ4v) is 2.82. The summed E-state index contributed by atoms with van der Waals surface area (Å²) < 4.78 is 7.10. The maximum absolute atomic E-state index is 5.23. The second-order valence-electron chi connectivity index (χ2n) is 5.24. The smallest absolute Gasteiger partial charge is 0.121 e. The number of aromatic nitrogens is 3. The zero-order valence-corrected chi connectivity index (χ0v) is 13.1. The number of ether oxygens (including phenoxy) is 1. The fraction of sp³-hybridized carbons (Fsp3) is 0.250. The summed E-state index contributed by atoms with van der Waals surface area (Å²) in [4.78, 5) is 0. The van der Waals surface area contributed by atoms with Crippen LogP contribution in [0, 0.1) is 0 Å². The molecule has 114 valence electrons. The lowest BCUT2D eigenvalue weighted by molar-refractivity contribution is 0.415. The van der Waals surface area contributed by atoms with Gasteiger partial charge < -0.3 is 10.1 Å². The maximum atomic E-state index is 5.23. The predicted octanol–water partition coefficient (Wildman–Crippen LogP) is 2.50. The highest BCUT2D eigenvalue weighted by Gasteiger charge is 2.12. The Kier molecular flexibility index (Phi) is 4.00. The second-order valence-corrected chi connectivity index (χ2v) is 5.24. The van der Waals surface area contributed by atoms with Crippen molar-refractivity contribution < 1.29 is 4.74 Å². The Bertz CT molecular complexity index is 815. The van der Waals surface area contributed by atoms with E-state index >= 15 is 0 Å². The first kappa shape index (κ1) is 14.8. The van der Waals surface area contributed by atoms with Gasteiger partial charge in [-0.15, -0.1) is 17.5 Å². The highest BCUT2D eigenvalue weighted by atomic mass is 35.5. The summed E-state index contributed by atoms with van der Waals surface area (Å²) in [6.07, 6.45) is 1.09. The normalized spacial score (nSPS) is 13.5. The first-order valence-corrected chi connectivity index (χ1v) is 7.07. The van der Waals surface area contributed by atoms with E-state index in [0.717, 1.165) is 42.0 Å². The molecule has 0 saturated carbocycles. The molecular formula is C16H17ClN4O. The molecule has 0 saturated heterocycles. The largest absolute Gasteiger partial charge is 0.497 e. The van der Waals surface area contributed by atoms with Crippen molar-refractivity contribution in [2.75, 3.05) is 13.7 Å². The lowest BCUT2D eigenvalue weighted by atomic mass is 10.0. The van der Waals surface area contributed by atoms with Crippen LogP contribution in [0.4, 0.5) is 0 Å². The van der Waals surface area contributed by atoms with Crippen LogP contribution in [0.15, 0.2) is 36.4 Å². The number of nitrogens with one attached hydrogen (secondary N) is 1. The molecule has 1 aromatic heterocycles. The van der Waals surface area contributed by atoms with Gasteiger partial charge in [-0.2, -0.15) is 0 Å². The Balaban J connectivity index is 0.00000144. The molecule has 3 aromatic rings. The minimum atomic E-state index is 0. The van der Waals surface area contributed by atoms with Crippen LogP contribution in [0.1, 0.15) is 11.1 Å². The quantitative estimate of drug-likeness (QED) is 0.789. The van der Waals surface area contributed by atoms with E-state index in [0.29, 0.717) is 0 Å². The summed E-state index contributed by atoms with van der Waals surface area (Å²) in [5.41, 5.74) is 5.63. The van der Waals surface area contributed by atoms with Crippen molar-refractivity contribution in [3.63, 3.8) is 0 Å². The zero-order chi connectivity index (χ0) is 14.2. The third-order valence-electron chi connectivity index (χ3n) is 3.97. The highest BCUT2D eigenvalue weighted by molar-refractivity contribution is 5.85. The van der Waals surface area contributed by atoms with Crippen LogP contribution in [-0.4, -0.2) is 28.6 Å². The van der Waals surface area contributed by atoms with E-state index < -0.39 is 0 Å². The molecule has 0 bridgehead atoms. The van der Waals surface area contributed by atoms with Crippen molar-refractivity contribution >= 4 is 23.4 Å². The van der Waals surface area contributed by atoms with E-state index in [1.165, 1.54) is 11.1 Å². The van der Waals surface area contributed by atoms with E-state index in [4.69, 9.17) is 4.74 Å². The number of hydrogen-bond acceptors (Lipinski definition) is 4. The van der Waals surface area contributed by atoms with Crippen molar-refractivity contribution in [2.24, 2.45) is 0 Å². The van der Waals surface area contributed by atoms with Crippen LogP contribution in [0.5, 0.6) is 5.75 Å². The van der Waals surface area contributed by atoms with Crippen molar-refractivity contribution in [3.8, 4) is 11.4 Å². The summed E-state index contributed by atoms with van der Waals surface area (Å²) in [7, 11) is 1.65. The molecule has 0 radical (unpaired) electrons. The van der Waals surface area contributed by atoms with Crippen molar-refractivity contribution in [2.45, 2.75) is 13.0 Å². The molecule has 2 heterocycles. The first-order chi connectivity index (χ1) is 10.3. The van der Waals surface area contributed by atoms with E-state index in [2.05, 4.69) is 33.8 Å². The van der Waals surface area contributed by atoms with Crippen LogP contribution < -0.4 is 10.1 Å². The molecule has 1 N–H and O–H groups in total. The monoisotopic (exact) mass is 316 g/mol. The Labute approximate surface area is 134 Å². The van der Waals surface area contributed by atoms with Crippen LogP contribution in [0.3, 0.4) is 0 Å². The molecule has 4 rings (SSSR count). The van der Waals surface area contributed by atoms with Gasteiger partial charge in [0.05, 0.1) is 18.3 Å². The van der Waals surface area contributed by atoms with Gasteiger partial charge in [0.15, 0.2) is 0 Å². The van der Waals surface area contributed by atoms with Gasteiger partial charge in [0.2, 0.25) is 0 Å². The molecule has 0 aliphatic carbocycles. The van der Waals surface area contributed by atoms with Gasteiger partial charge in [-0.25, -0.2) is 4.68 Å². The van der Waals surface area contributed by atoms with Gasteiger partial charge in [-0.1, -0.05) is 11.3 Å². The van der Waals surface area contributed by atoms with E-state index in [1.54, 1.807) is 7.11 Å². The molecular weight excluding hydrogens is 300 g/mol. The molecule has 0 atom stereocenters. The molecule has 0 spiro atoms. The number of fused-ring (bicyclic) bond motifs is 2. The van der Waals surface area contributed by atoms with Crippen LogP contribution in [0.2, 0.25) is 0 Å². The van der Waals surface area contributed by atoms with Gasteiger partial charge in [0.1, 0.15) is 11.3 Å². The first-order valence-electron chi connectivity index (χ1n) is 7.07. The Morgan fingerprint density at radius 2 is 2.05 bits per heavy atom. The summed E-state index contributed by atoms with van der Waals surface area (Å²) in [5.74, 6) is 0.796. The van der Waals surface area contributed by atoms with Gasteiger partial charge in [0, 0.05) is 12.6 Å². The van der Waals surface area contributed by atoms with E-state index in [-0.39, 0.29) is 12.4 Å². The van der Waals surface area contributed by atoms with E-state index in [9.17, 15) is 0 Å². The molecule has 1 aliphatic heterocycles. The Hall–Kier alpha value is -2.11.